The molecule has 1 atom stereocenters. The van der Waals surface area contributed by atoms with Crippen molar-refractivity contribution in [3.05, 3.63) is 35.9 Å². The lowest BCUT2D eigenvalue weighted by molar-refractivity contribution is -0.136. The van der Waals surface area contributed by atoms with E-state index in [0.29, 0.717) is 18.4 Å². The predicted octanol–water partition coefficient (Wildman–Crippen LogP) is 2.80. The molecule has 1 aromatic carbocycles. The van der Waals surface area contributed by atoms with Crippen LogP contribution in [0.15, 0.2) is 30.3 Å². The van der Waals surface area contributed by atoms with Crippen LogP contribution in [0.4, 0.5) is 0 Å². The molecule has 2 saturated carbocycles. The van der Waals surface area contributed by atoms with Crippen molar-refractivity contribution in [2.45, 2.75) is 56.4 Å². The number of benzene rings is 1. The first kappa shape index (κ1) is 17.7. The van der Waals surface area contributed by atoms with Crippen molar-refractivity contribution in [2.75, 3.05) is 32.8 Å². The van der Waals surface area contributed by atoms with E-state index in [-0.39, 0.29) is 10.8 Å². The lowest BCUT2D eigenvalue weighted by Gasteiger charge is -2.44. The van der Waals surface area contributed by atoms with Crippen LogP contribution in [0.25, 0.3) is 0 Å². The second-order valence-corrected chi connectivity index (χ2v) is 9.50. The minimum Gasteiger partial charge on any atom is -0.396 e. The van der Waals surface area contributed by atoms with Crippen LogP contribution < -0.4 is 0 Å². The number of hydrogen-bond acceptors (Lipinski definition) is 3. The molecule has 2 heterocycles. The molecule has 2 saturated heterocycles. The van der Waals surface area contributed by atoms with Gasteiger partial charge in [0.25, 0.3) is 0 Å². The highest BCUT2D eigenvalue weighted by Gasteiger charge is 2.55. The van der Waals surface area contributed by atoms with Crippen LogP contribution in [-0.4, -0.2) is 59.6 Å². The summed E-state index contributed by atoms with van der Waals surface area (Å²) in [6.45, 7) is 4.22. The summed E-state index contributed by atoms with van der Waals surface area (Å²) >= 11 is 0. The summed E-state index contributed by atoms with van der Waals surface area (Å²) in [7, 11) is 0. The van der Waals surface area contributed by atoms with Crippen LogP contribution in [0.2, 0.25) is 0 Å². The number of aliphatic hydroxyl groups is 1. The molecule has 1 unspecified atom stereocenters. The number of likely N-dealkylation sites (tertiary alicyclic amines) is 2. The van der Waals surface area contributed by atoms with Crippen LogP contribution in [0.5, 0.6) is 0 Å². The van der Waals surface area contributed by atoms with Crippen molar-refractivity contribution in [1.29, 1.82) is 0 Å². The Bertz CT molecular complexity index is 688. The third-order valence-corrected chi connectivity index (χ3v) is 8.18. The molecule has 1 amide bonds. The maximum atomic E-state index is 13.3. The van der Waals surface area contributed by atoms with Gasteiger partial charge in [-0.3, -0.25) is 9.69 Å². The van der Waals surface area contributed by atoms with Gasteiger partial charge in [0, 0.05) is 44.7 Å². The molecule has 0 radical (unpaired) electrons. The molecule has 4 aliphatic rings. The van der Waals surface area contributed by atoms with Crippen LogP contribution >= 0.6 is 0 Å². The maximum absolute atomic E-state index is 13.3. The van der Waals surface area contributed by atoms with Gasteiger partial charge in [-0.15, -0.1) is 0 Å². The first-order valence-electron chi connectivity index (χ1n) is 10.9. The summed E-state index contributed by atoms with van der Waals surface area (Å²) in [5.74, 6) is 0.734. The molecule has 2 aliphatic carbocycles. The van der Waals surface area contributed by atoms with E-state index >= 15 is 0 Å². The zero-order valence-corrected chi connectivity index (χ0v) is 16.3. The molecular weight excluding hydrogens is 336 g/mol. The van der Waals surface area contributed by atoms with E-state index in [0.717, 1.165) is 57.9 Å². The zero-order chi connectivity index (χ0) is 18.5. The monoisotopic (exact) mass is 368 g/mol. The highest BCUT2D eigenvalue weighted by molar-refractivity contribution is 5.91. The van der Waals surface area contributed by atoms with E-state index in [9.17, 15) is 9.90 Å². The van der Waals surface area contributed by atoms with Gasteiger partial charge in [-0.25, -0.2) is 0 Å². The van der Waals surface area contributed by atoms with Gasteiger partial charge in [0.05, 0.1) is 5.41 Å². The summed E-state index contributed by atoms with van der Waals surface area (Å²) < 4.78 is 0. The second kappa shape index (κ2) is 6.59. The number of piperidine rings is 1. The SMILES string of the molecule is O=C(N1CCC2(CC1)CN(C1CCC1)CC2CO)C1(c2ccccc2)CC1. The quantitative estimate of drug-likeness (QED) is 0.889. The van der Waals surface area contributed by atoms with Crippen LogP contribution in [0, 0.1) is 11.3 Å². The second-order valence-electron chi connectivity index (χ2n) is 9.50. The van der Waals surface area contributed by atoms with Crippen molar-refractivity contribution in [1.82, 2.24) is 9.80 Å². The number of hydrogen-bond donors (Lipinski definition) is 1. The van der Waals surface area contributed by atoms with E-state index in [1.807, 2.05) is 18.2 Å². The minimum absolute atomic E-state index is 0.227. The summed E-state index contributed by atoms with van der Waals surface area (Å²) in [5.41, 5.74) is 1.18. The average molecular weight is 369 g/mol. The number of carbonyl (C=O) groups is 1. The standard InChI is InChI=1S/C23H32N2O2/c26-16-19-15-25(20-7-4-8-20)17-22(19)11-13-24(14-12-22)21(27)23(9-10-23)18-5-2-1-3-6-18/h1-3,5-6,19-20,26H,4,7-17H2. The molecule has 4 heteroatoms. The number of amides is 1. The van der Waals surface area contributed by atoms with Gasteiger partial charge in [0.2, 0.25) is 5.91 Å². The van der Waals surface area contributed by atoms with Crippen LogP contribution in [0.1, 0.15) is 50.5 Å². The Kier molecular flexibility index (Phi) is 4.32. The van der Waals surface area contributed by atoms with Gasteiger partial charge in [0.1, 0.15) is 0 Å². The molecule has 4 fully saturated rings. The Hall–Kier alpha value is -1.39. The van der Waals surface area contributed by atoms with E-state index in [1.54, 1.807) is 0 Å². The summed E-state index contributed by atoms with van der Waals surface area (Å²) in [6.07, 6.45) is 8.12. The third kappa shape index (κ3) is 2.84. The zero-order valence-electron chi connectivity index (χ0n) is 16.3. The fourth-order valence-corrected chi connectivity index (χ4v) is 5.89. The molecule has 1 aromatic rings. The van der Waals surface area contributed by atoms with Gasteiger partial charge in [0.15, 0.2) is 0 Å². The fourth-order valence-electron chi connectivity index (χ4n) is 5.89. The molecule has 1 N–H and O–H groups in total. The van der Waals surface area contributed by atoms with Gasteiger partial charge in [-0.05, 0) is 49.5 Å². The highest BCUT2D eigenvalue weighted by Crippen LogP contribution is 2.52. The Morgan fingerprint density at radius 1 is 1.07 bits per heavy atom. The molecule has 5 rings (SSSR count). The Balaban J connectivity index is 1.27. The van der Waals surface area contributed by atoms with Crippen molar-refractivity contribution < 1.29 is 9.90 Å². The predicted molar refractivity (Wildman–Crippen MR) is 105 cm³/mol. The van der Waals surface area contributed by atoms with E-state index in [2.05, 4.69) is 21.9 Å². The topological polar surface area (TPSA) is 43.8 Å². The van der Waals surface area contributed by atoms with Gasteiger partial charge in [-0.1, -0.05) is 36.8 Å². The lowest BCUT2D eigenvalue weighted by Crippen LogP contribution is -2.50. The molecule has 0 aromatic heterocycles. The maximum Gasteiger partial charge on any atom is 0.233 e. The smallest absolute Gasteiger partial charge is 0.233 e. The average Bonchev–Trinajstić information content (AvgIpc) is 3.41. The van der Waals surface area contributed by atoms with E-state index in [4.69, 9.17) is 0 Å². The Labute approximate surface area is 162 Å². The number of nitrogens with zero attached hydrogens (tertiary/aromatic N) is 2. The third-order valence-electron chi connectivity index (χ3n) is 8.18. The van der Waals surface area contributed by atoms with Crippen molar-refractivity contribution >= 4 is 5.91 Å². The summed E-state index contributed by atoms with van der Waals surface area (Å²) in [5, 5.41) is 10.0. The Morgan fingerprint density at radius 3 is 2.33 bits per heavy atom. The molecule has 2 aliphatic heterocycles. The van der Waals surface area contributed by atoms with Crippen LogP contribution in [0.3, 0.4) is 0 Å². The van der Waals surface area contributed by atoms with E-state index < -0.39 is 0 Å². The largest absolute Gasteiger partial charge is 0.396 e. The number of carbonyl (C=O) groups excluding carboxylic acids is 1. The van der Waals surface area contributed by atoms with Crippen LogP contribution in [-0.2, 0) is 10.2 Å². The van der Waals surface area contributed by atoms with E-state index in [1.165, 1.54) is 24.8 Å². The fraction of sp³-hybridized carbons (Fsp3) is 0.696. The first-order valence-corrected chi connectivity index (χ1v) is 10.9. The molecule has 0 bridgehead atoms. The molecule has 1 spiro atoms. The van der Waals surface area contributed by atoms with Crippen molar-refractivity contribution in [3.8, 4) is 0 Å². The minimum atomic E-state index is -0.240. The van der Waals surface area contributed by atoms with Crippen molar-refractivity contribution in [2.24, 2.45) is 11.3 Å². The number of aliphatic hydroxyl groups excluding tert-OH is 1. The van der Waals surface area contributed by atoms with Gasteiger partial charge < -0.3 is 10.0 Å². The molecule has 4 nitrogen and oxygen atoms in total. The number of rotatable bonds is 4. The highest BCUT2D eigenvalue weighted by atomic mass is 16.3. The normalized spacial score (nSPS) is 29.7. The Morgan fingerprint density at radius 2 is 1.78 bits per heavy atom. The van der Waals surface area contributed by atoms with Crippen molar-refractivity contribution in [3.63, 3.8) is 0 Å². The summed E-state index contributed by atoms with van der Waals surface area (Å²) in [6, 6.07) is 11.1. The summed E-state index contributed by atoms with van der Waals surface area (Å²) in [4.78, 5) is 18.1. The lowest BCUT2D eigenvalue weighted by atomic mass is 9.71. The molecular formula is C23H32N2O2. The first-order chi connectivity index (χ1) is 13.2. The van der Waals surface area contributed by atoms with Gasteiger partial charge >= 0.3 is 0 Å². The molecule has 27 heavy (non-hydrogen) atoms. The van der Waals surface area contributed by atoms with Gasteiger partial charge in [-0.2, -0.15) is 0 Å². The molecule has 146 valence electrons.